The summed E-state index contributed by atoms with van der Waals surface area (Å²) in [4.78, 5) is 21.8. The minimum absolute atomic E-state index is 0.0332. The topological polar surface area (TPSA) is 112 Å². The van der Waals surface area contributed by atoms with E-state index in [1.807, 2.05) is 50.2 Å². The highest BCUT2D eigenvalue weighted by molar-refractivity contribution is 5.98. The van der Waals surface area contributed by atoms with E-state index in [2.05, 4.69) is 9.97 Å². The van der Waals surface area contributed by atoms with Gasteiger partial charge >= 0.3 is 0 Å². The Balaban J connectivity index is 1.74. The van der Waals surface area contributed by atoms with E-state index in [1.165, 1.54) is 6.33 Å². The summed E-state index contributed by atoms with van der Waals surface area (Å²) in [6.45, 7) is 4.29. The van der Waals surface area contributed by atoms with Crippen molar-refractivity contribution in [1.29, 1.82) is 0 Å². The maximum Gasteiger partial charge on any atom is 0.258 e. The molecule has 0 radical (unpaired) electrons. The molecule has 160 valence electrons. The number of hydrogen-bond acceptors (Lipinski definition) is 6. The van der Waals surface area contributed by atoms with Crippen LogP contribution in [0.15, 0.2) is 65.7 Å². The van der Waals surface area contributed by atoms with Crippen molar-refractivity contribution < 1.29 is 5.11 Å². The second-order valence-electron chi connectivity index (χ2n) is 8.01. The predicted molar refractivity (Wildman–Crippen MR) is 125 cm³/mol. The molecular weight excluding hydrogens is 404 g/mol. The van der Waals surface area contributed by atoms with Gasteiger partial charge in [0.1, 0.15) is 23.6 Å². The average Bonchev–Trinajstić information content (AvgIpc) is 3.13. The number of benzene rings is 2. The van der Waals surface area contributed by atoms with Gasteiger partial charge in [0, 0.05) is 22.7 Å². The zero-order valence-corrected chi connectivity index (χ0v) is 17.7. The average molecular weight is 426 g/mol. The minimum atomic E-state index is -0.0353. The van der Waals surface area contributed by atoms with Gasteiger partial charge in [-0.05, 0) is 43.5 Å². The Labute approximate surface area is 183 Å². The molecule has 3 aromatic heterocycles. The van der Waals surface area contributed by atoms with E-state index >= 15 is 0 Å². The third-order valence-corrected chi connectivity index (χ3v) is 5.55. The summed E-state index contributed by atoms with van der Waals surface area (Å²) in [7, 11) is 0. The quantitative estimate of drug-likeness (QED) is 0.453. The maximum absolute atomic E-state index is 13.2. The molecule has 0 atom stereocenters. The molecule has 2 aromatic carbocycles. The van der Waals surface area contributed by atoms with Crippen LogP contribution in [-0.2, 0) is 6.54 Å². The molecule has 0 amide bonds. The van der Waals surface area contributed by atoms with Crippen molar-refractivity contribution in [1.82, 2.24) is 24.3 Å². The molecule has 5 rings (SSSR count). The minimum Gasteiger partial charge on any atom is -0.508 e. The number of anilines is 1. The highest BCUT2D eigenvalue weighted by Crippen LogP contribution is 2.32. The highest BCUT2D eigenvalue weighted by atomic mass is 16.3. The first-order valence-electron chi connectivity index (χ1n) is 10.3. The SMILES string of the molecule is CC(C)n1c(Cn2nc(-c3cccc(O)c3)c3c(N)ncnc32)cc2ccccc2c1=O. The Morgan fingerprint density at radius 3 is 2.66 bits per heavy atom. The van der Waals surface area contributed by atoms with E-state index < -0.39 is 0 Å². The molecule has 0 bridgehead atoms. The van der Waals surface area contributed by atoms with E-state index in [9.17, 15) is 9.90 Å². The lowest BCUT2D eigenvalue weighted by molar-refractivity contribution is 0.475. The molecule has 0 spiro atoms. The smallest absolute Gasteiger partial charge is 0.258 e. The summed E-state index contributed by atoms with van der Waals surface area (Å²) in [6, 6.07) is 16.4. The van der Waals surface area contributed by atoms with Crippen LogP contribution in [0.2, 0.25) is 0 Å². The summed E-state index contributed by atoms with van der Waals surface area (Å²) in [5.41, 5.74) is 8.81. The van der Waals surface area contributed by atoms with Gasteiger partial charge in [-0.2, -0.15) is 5.10 Å². The molecule has 0 aliphatic rings. The van der Waals surface area contributed by atoms with Crippen LogP contribution in [0.1, 0.15) is 25.6 Å². The normalized spacial score (nSPS) is 11.6. The molecule has 0 unspecified atom stereocenters. The Bertz CT molecular complexity index is 1530. The van der Waals surface area contributed by atoms with Gasteiger partial charge in [-0.1, -0.05) is 30.3 Å². The molecule has 3 heterocycles. The summed E-state index contributed by atoms with van der Waals surface area (Å²) in [5.74, 6) is 0.433. The van der Waals surface area contributed by atoms with Crippen molar-refractivity contribution in [2.24, 2.45) is 0 Å². The van der Waals surface area contributed by atoms with Crippen molar-refractivity contribution in [3.05, 3.63) is 77.0 Å². The number of nitrogens with zero attached hydrogens (tertiary/aromatic N) is 5. The van der Waals surface area contributed by atoms with Gasteiger partial charge in [-0.25, -0.2) is 14.6 Å². The number of aromatic nitrogens is 5. The van der Waals surface area contributed by atoms with Crippen molar-refractivity contribution in [3.8, 4) is 17.0 Å². The van der Waals surface area contributed by atoms with E-state index in [1.54, 1.807) is 27.4 Å². The van der Waals surface area contributed by atoms with Crippen molar-refractivity contribution in [2.75, 3.05) is 5.73 Å². The number of aromatic hydroxyl groups is 1. The van der Waals surface area contributed by atoms with Crippen LogP contribution in [-0.4, -0.2) is 29.4 Å². The number of phenols is 1. The summed E-state index contributed by atoms with van der Waals surface area (Å²) >= 11 is 0. The van der Waals surface area contributed by atoms with Crippen LogP contribution in [0.25, 0.3) is 33.1 Å². The lowest BCUT2D eigenvalue weighted by atomic mass is 10.1. The maximum atomic E-state index is 13.2. The van der Waals surface area contributed by atoms with Crippen LogP contribution in [0, 0.1) is 0 Å². The number of phenolic OH excluding ortho intramolecular Hbond substituents is 1. The molecule has 0 aliphatic carbocycles. The molecule has 8 nitrogen and oxygen atoms in total. The van der Waals surface area contributed by atoms with Gasteiger partial charge in [0.15, 0.2) is 5.65 Å². The summed E-state index contributed by atoms with van der Waals surface area (Å²) in [5, 5.41) is 16.9. The lowest BCUT2D eigenvalue weighted by Crippen LogP contribution is -2.26. The predicted octanol–water partition coefficient (Wildman–Crippen LogP) is 3.73. The monoisotopic (exact) mass is 426 g/mol. The first kappa shape index (κ1) is 19.7. The van der Waals surface area contributed by atoms with Crippen LogP contribution < -0.4 is 11.3 Å². The number of fused-ring (bicyclic) bond motifs is 2. The molecular formula is C24H22N6O2. The van der Waals surface area contributed by atoms with Crippen LogP contribution in [0.3, 0.4) is 0 Å². The largest absolute Gasteiger partial charge is 0.508 e. The second kappa shape index (κ2) is 7.49. The molecule has 0 aliphatic heterocycles. The standard InChI is InChI=1S/C24H22N6O2/c1-14(2)30-17(10-15-6-3-4-9-19(15)24(30)32)12-29-23-20(22(25)26-13-27-23)21(28-29)16-7-5-8-18(31)11-16/h3-11,13-14,31H,12H2,1-2H3,(H2,25,26,27). The molecule has 5 aromatic rings. The molecule has 3 N–H and O–H groups in total. The second-order valence-corrected chi connectivity index (χ2v) is 8.01. The number of nitrogens with two attached hydrogens (primary N) is 1. The number of pyridine rings is 1. The van der Waals surface area contributed by atoms with Crippen molar-refractivity contribution in [2.45, 2.75) is 26.4 Å². The van der Waals surface area contributed by atoms with Crippen LogP contribution in [0.4, 0.5) is 5.82 Å². The molecule has 32 heavy (non-hydrogen) atoms. The van der Waals surface area contributed by atoms with Gasteiger partial charge in [-0.3, -0.25) is 4.79 Å². The van der Waals surface area contributed by atoms with Gasteiger partial charge in [0.25, 0.3) is 5.56 Å². The van der Waals surface area contributed by atoms with E-state index in [0.717, 1.165) is 11.1 Å². The Morgan fingerprint density at radius 2 is 1.88 bits per heavy atom. The van der Waals surface area contributed by atoms with Crippen LogP contribution in [0.5, 0.6) is 5.75 Å². The lowest BCUT2D eigenvalue weighted by Gasteiger charge is -2.18. The highest BCUT2D eigenvalue weighted by Gasteiger charge is 2.19. The molecule has 0 fully saturated rings. The fraction of sp³-hybridized carbons (Fsp3) is 0.167. The number of nitrogen functional groups attached to an aromatic ring is 1. The fourth-order valence-electron chi connectivity index (χ4n) is 4.16. The van der Waals surface area contributed by atoms with Crippen LogP contribution >= 0.6 is 0 Å². The Morgan fingerprint density at radius 1 is 1.06 bits per heavy atom. The summed E-state index contributed by atoms with van der Waals surface area (Å²) < 4.78 is 3.52. The number of hydrogen-bond donors (Lipinski definition) is 2. The third-order valence-electron chi connectivity index (χ3n) is 5.55. The van der Waals surface area contributed by atoms with Gasteiger partial charge in [0.2, 0.25) is 0 Å². The zero-order valence-electron chi connectivity index (χ0n) is 17.7. The first-order chi connectivity index (χ1) is 15.4. The third kappa shape index (κ3) is 3.17. The van der Waals surface area contributed by atoms with E-state index in [-0.39, 0.29) is 17.4 Å². The first-order valence-corrected chi connectivity index (χ1v) is 10.3. The van der Waals surface area contributed by atoms with Crippen molar-refractivity contribution in [3.63, 3.8) is 0 Å². The van der Waals surface area contributed by atoms with Gasteiger partial charge < -0.3 is 15.4 Å². The Kier molecular flexibility index (Phi) is 4.62. The molecule has 8 heteroatoms. The molecule has 0 saturated heterocycles. The Hall–Kier alpha value is -4.20. The van der Waals surface area contributed by atoms with E-state index in [4.69, 9.17) is 10.8 Å². The van der Waals surface area contributed by atoms with E-state index in [0.29, 0.717) is 40.0 Å². The van der Waals surface area contributed by atoms with Gasteiger partial charge in [0.05, 0.1) is 11.9 Å². The van der Waals surface area contributed by atoms with Gasteiger partial charge in [-0.15, -0.1) is 0 Å². The zero-order chi connectivity index (χ0) is 22.4. The summed E-state index contributed by atoms with van der Waals surface area (Å²) in [6.07, 6.45) is 1.40. The molecule has 0 saturated carbocycles. The number of rotatable bonds is 4. The fourth-order valence-corrected chi connectivity index (χ4v) is 4.16. The van der Waals surface area contributed by atoms with Crippen molar-refractivity contribution >= 4 is 27.6 Å².